The van der Waals surface area contributed by atoms with Gasteiger partial charge < -0.3 is 86.6 Å². The van der Waals surface area contributed by atoms with Crippen molar-refractivity contribution >= 4 is 108 Å². The van der Waals surface area contributed by atoms with Gasteiger partial charge in [-0.3, -0.25) is 33.5 Å². The number of aliphatic carboxylic acids is 2. The van der Waals surface area contributed by atoms with E-state index in [4.69, 9.17) is 23.7 Å². The third-order valence-electron chi connectivity index (χ3n) is 16.3. The number of carboxylic acid groups (broad SMARTS) is 2. The normalized spacial score (nSPS) is 14.8. The van der Waals surface area contributed by atoms with Gasteiger partial charge in [0.1, 0.15) is 41.1 Å². The fourth-order valence-corrected chi connectivity index (χ4v) is 13.7. The molecule has 37 heteroatoms. The van der Waals surface area contributed by atoms with E-state index in [0.717, 1.165) is 23.2 Å². The smallest absolute Gasteiger partial charge is 0.319 e. The van der Waals surface area contributed by atoms with Crippen LogP contribution in [0.15, 0.2) is 125 Å². The number of benzene rings is 5. The Kier molecular flexibility index (Phi) is 31.2. The Morgan fingerprint density at radius 1 is 0.697 bits per heavy atom. The summed E-state index contributed by atoms with van der Waals surface area (Å²) in [5.41, 5.74) is 2.05. The Balaban J connectivity index is 0.711. The number of hydrogen-bond donors (Lipinski definition) is 12. The zero-order chi connectivity index (χ0) is 78.6. The van der Waals surface area contributed by atoms with E-state index in [0.29, 0.717) is 54.9 Å². The molecule has 5 aromatic carbocycles. The lowest BCUT2D eigenvalue weighted by atomic mass is 10.0. The second-order valence-electron chi connectivity index (χ2n) is 25.5. The van der Waals surface area contributed by atoms with E-state index in [9.17, 15) is 70.4 Å². The van der Waals surface area contributed by atoms with Gasteiger partial charge in [0.15, 0.2) is 5.82 Å². The molecule has 8 rings (SSSR count). The Labute approximate surface area is 627 Å². The van der Waals surface area contributed by atoms with E-state index < -0.39 is 128 Å². The minimum Gasteiger partial charge on any atom is -0.494 e. The molecule has 0 spiro atoms. The number of nitrogens with one attached hydrogen (secondary N) is 10. The largest absolute Gasteiger partial charge is 0.494 e. The van der Waals surface area contributed by atoms with Gasteiger partial charge in [0.25, 0.3) is 15.9 Å². The van der Waals surface area contributed by atoms with Crippen molar-refractivity contribution in [3.8, 4) is 22.8 Å². The van der Waals surface area contributed by atoms with E-state index in [-0.39, 0.29) is 135 Å². The maximum atomic E-state index is 15.2. The zero-order valence-electron chi connectivity index (χ0n) is 60.2. The number of carboxylic acids is 2. The number of urea groups is 3. The highest BCUT2D eigenvalue weighted by Gasteiger charge is 2.40. The summed E-state index contributed by atoms with van der Waals surface area (Å²) in [5, 5.41) is 43.3. The van der Waals surface area contributed by atoms with Crippen LogP contribution in [-0.4, -0.2) is 188 Å². The van der Waals surface area contributed by atoms with Gasteiger partial charge in [0, 0.05) is 78.4 Å². The van der Waals surface area contributed by atoms with Crippen molar-refractivity contribution in [2.45, 2.75) is 107 Å². The molecule has 109 heavy (non-hydrogen) atoms. The quantitative estimate of drug-likeness (QED) is 0.0171. The molecule has 6 aromatic rings. The monoisotopic (exact) mass is 1550 g/mol. The van der Waals surface area contributed by atoms with Crippen molar-refractivity contribution in [3.63, 3.8) is 0 Å². The third-order valence-corrected chi connectivity index (χ3v) is 19.2. The van der Waals surface area contributed by atoms with Crippen molar-refractivity contribution in [2.24, 2.45) is 10.3 Å². The molecular weight excluding hydrogens is 1470 g/mol. The fourth-order valence-electron chi connectivity index (χ4n) is 11.2. The maximum absolute atomic E-state index is 15.2. The number of ether oxygens (including phenoxy) is 5. The first kappa shape index (κ1) is 83.5. The van der Waals surface area contributed by atoms with Crippen molar-refractivity contribution < 1.29 is 98.5 Å². The highest BCUT2D eigenvalue weighted by molar-refractivity contribution is 7.93. The molecule has 10 amide bonds. The van der Waals surface area contributed by atoms with Gasteiger partial charge in [-0.2, -0.15) is 4.36 Å². The first-order valence-electron chi connectivity index (χ1n) is 34.9. The van der Waals surface area contributed by atoms with Crippen LogP contribution in [0.2, 0.25) is 0 Å². The lowest BCUT2D eigenvalue weighted by molar-refractivity contribution is -0.146. The summed E-state index contributed by atoms with van der Waals surface area (Å²) in [7, 11) is -7.60. The van der Waals surface area contributed by atoms with Crippen molar-refractivity contribution in [3.05, 3.63) is 138 Å². The van der Waals surface area contributed by atoms with Crippen LogP contribution in [0, 0.1) is 17.6 Å². The second kappa shape index (κ2) is 40.7. The number of likely N-dealkylation sites (tertiary alicyclic amines) is 1. The summed E-state index contributed by atoms with van der Waals surface area (Å²) in [6.45, 7) is 6.57. The summed E-state index contributed by atoms with van der Waals surface area (Å²) >= 11 is 0. The number of rotatable bonds is 34. The van der Waals surface area contributed by atoms with Gasteiger partial charge in [-0.25, -0.2) is 45.8 Å². The molecule has 3 heterocycles. The molecule has 1 aromatic heterocycles. The Morgan fingerprint density at radius 2 is 1.35 bits per heavy atom. The molecule has 0 saturated carbocycles. The molecule has 1 saturated heterocycles. The number of carbonyl (C=O) groups is 9. The van der Waals surface area contributed by atoms with E-state index >= 15 is 4.39 Å². The molecule has 5 atom stereocenters. The average Bonchev–Trinajstić information content (AvgIpc) is 0.969. The maximum Gasteiger partial charge on any atom is 0.319 e. The van der Waals surface area contributed by atoms with Crippen molar-refractivity contribution in [2.75, 3.05) is 105 Å². The van der Waals surface area contributed by atoms with Crippen LogP contribution in [0.4, 0.5) is 57.5 Å². The molecular formula is C72H88F2N14O19S2. The molecule has 5 unspecified atom stereocenters. The number of nitrogens with zero attached hydrogens (tertiary/aromatic N) is 4. The van der Waals surface area contributed by atoms with E-state index in [1.54, 1.807) is 32.0 Å². The SMILES string of the molecule is CCCNC(=O)Nc1cccc(S(=O)(=O)Nc2cccc(C(CC(=O)O)NC(=O)Nc3ccc(NC(=O)NCCOCCOCCOCCC(=O)NC(CC(=O)O)C(=O)N4CCCC4C(=O)NC(C(=O)N=S(C)(=O)Cc4cc5cc(c4)OCCCCOc4cc(F)ccc4-c4nc(ncc4F)N5)C(C)C)cc3)c2)c1. The number of carbonyl (C=O) groups excluding carboxylic acids is 7. The van der Waals surface area contributed by atoms with E-state index in [2.05, 4.69) is 66.9 Å². The number of sulfonamides is 1. The molecule has 33 nitrogen and oxygen atoms in total. The molecule has 0 radical (unpaired) electrons. The molecule has 12 N–H and O–H groups in total. The molecule has 0 aliphatic carbocycles. The number of fused-ring (bicyclic) bond motifs is 6. The number of hydrogen-bond acceptors (Lipinski definition) is 20. The van der Waals surface area contributed by atoms with Crippen LogP contribution >= 0.6 is 0 Å². The number of aromatic nitrogens is 2. The molecule has 2 aliphatic heterocycles. The average molecular weight is 1560 g/mol. The van der Waals surface area contributed by atoms with Gasteiger partial charge in [-0.15, -0.1) is 0 Å². The Morgan fingerprint density at radius 3 is 2.05 bits per heavy atom. The Bertz CT molecular complexity index is 4480. The minimum atomic E-state index is -4.19. The van der Waals surface area contributed by atoms with Gasteiger partial charge in [-0.05, 0) is 128 Å². The fraction of sp³-hybridized carbons (Fsp3) is 0.403. The van der Waals surface area contributed by atoms with Crippen LogP contribution in [0.3, 0.4) is 0 Å². The molecule has 4 bridgehead atoms. The van der Waals surface area contributed by atoms with Crippen molar-refractivity contribution in [1.29, 1.82) is 0 Å². The van der Waals surface area contributed by atoms with Gasteiger partial charge in [0.2, 0.25) is 23.7 Å². The molecule has 2 aliphatic rings. The summed E-state index contributed by atoms with van der Waals surface area (Å²) < 4.78 is 105. The lowest BCUT2D eigenvalue weighted by Crippen LogP contribution is -2.56. The van der Waals surface area contributed by atoms with Crippen LogP contribution in [0.25, 0.3) is 11.3 Å². The van der Waals surface area contributed by atoms with Crippen molar-refractivity contribution in [1.82, 2.24) is 41.5 Å². The summed E-state index contributed by atoms with van der Waals surface area (Å²) in [4.78, 5) is 126. The van der Waals surface area contributed by atoms with Crippen LogP contribution < -0.4 is 62.0 Å². The minimum absolute atomic E-state index is 0.0341. The predicted octanol–water partition coefficient (Wildman–Crippen LogP) is 7.86. The first-order chi connectivity index (χ1) is 52.1. The highest BCUT2D eigenvalue weighted by Crippen LogP contribution is 2.34. The molecule has 1 fully saturated rings. The second-order valence-corrected chi connectivity index (χ2v) is 29.6. The predicted molar refractivity (Wildman–Crippen MR) is 397 cm³/mol. The number of halogens is 2. The van der Waals surface area contributed by atoms with Crippen LogP contribution in [0.5, 0.6) is 11.5 Å². The zero-order valence-corrected chi connectivity index (χ0v) is 61.8. The standard InChI is InChI=1S/C72H88F2N14O19S2/c1-5-23-75-70(97)81-50-12-9-14-54(39-50)109(101,102)86-51-13-8-11-46(36-51)57(40-62(90)91)83-72(99)80-49-19-17-48(18-20-49)79-71(98)76-24-29-104-31-33-105-32-30-103-28-22-61(89)82-58(41-63(92)93)68(96)88-25-10-15-59(88)66(94)84-64(44(2)3)67(95)87-108(4,100)43-45-34-52-38-53(35-45)106-26-6-7-27-107-60-37-47(73)16-21-55(60)65-56(74)42-77-69(78-52)85-65/h8-9,11-14,16-21,34-39,42,44,57-59,64,86H,5-7,10,15,22-33,40-41,43H2,1-4H3,(H,82,89)(H,84,94)(H,90,91)(H,92,93)(H2,75,81,97)(H2,76,79,98)(H,77,78,85)(H2,80,83,99). The summed E-state index contributed by atoms with van der Waals surface area (Å²) in [5.74, 6) is -7.69. The van der Waals surface area contributed by atoms with Gasteiger partial charge in [0.05, 0.1) is 98.3 Å². The lowest BCUT2D eigenvalue weighted by Gasteiger charge is -2.29. The summed E-state index contributed by atoms with van der Waals surface area (Å²) in [6.07, 6.45) is 2.76. The molecule has 586 valence electrons. The van der Waals surface area contributed by atoms with E-state index in [1.165, 1.54) is 85.1 Å². The highest BCUT2D eigenvalue weighted by atomic mass is 32.2. The Hall–Kier alpha value is -11.2. The third kappa shape index (κ3) is 26.9. The number of amides is 10. The first-order valence-corrected chi connectivity index (χ1v) is 38.5. The van der Waals surface area contributed by atoms with E-state index in [1.807, 2.05) is 6.92 Å². The van der Waals surface area contributed by atoms with Crippen LogP contribution in [0.1, 0.15) is 89.3 Å². The topological polar surface area (TPSA) is 453 Å². The van der Waals surface area contributed by atoms with Crippen LogP contribution in [-0.2, 0) is 68.5 Å². The summed E-state index contributed by atoms with van der Waals surface area (Å²) in [6, 6.07) is 19.0. The van der Waals surface area contributed by atoms with Gasteiger partial charge in [-0.1, -0.05) is 39.0 Å². The number of anilines is 6. The van der Waals surface area contributed by atoms with Gasteiger partial charge >= 0.3 is 30.0 Å².